The van der Waals surface area contributed by atoms with Crippen molar-refractivity contribution in [3.63, 3.8) is 0 Å². The molecule has 3 heteroatoms. The lowest BCUT2D eigenvalue weighted by atomic mass is 10.0. The highest BCUT2D eigenvalue weighted by Gasteiger charge is 2.17. The average Bonchev–Trinajstić information content (AvgIpc) is 3.74. The molecule has 2 heterocycles. The van der Waals surface area contributed by atoms with Crippen molar-refractivity contribution < 1.29 is 0 Å². The lowest BCUT2D eigenvalue weighted by Gasteiger charge is -2.26. The highest BCUT2D eigenvalue weighted by molar-refractivity contribution is 7.25. The van der Waals surface area contributed by atoms with E-state index in [4.69, 9.17) is 0 Å². The molecule has 8 aromatic carbocycles. The third-order valence-corrected chi connectivity index (χ3v) is 11.1. The molecule has 0 saturated heterocycles. The lowest BCUT2D eigenvalue weighted by molar-refractivity contribution is 1.19. The zero-order valence-electron chi connectivity index (χ0n) is 27.8. The summed E-state index contributed by atoms with van der Waals surface area (Å²) < 4.78 is 4.97. The van der Waals surface area contributed by atoms with E-state index in [0.29, 0.717) is 0 Å². The Morgan fingerprint density at radius 1 is 0.333 bits per heavy atom. The molecule has 0 saturated carbocycles. The van der Waals surface area contributed by atoms with Gasteiger partial charge in [0.1, 0.15) is 0 Å². The van der Waals surface area contributed by atoms with E-state index in [9.17, 15) is 0 Å². The predicted octanol–water partition coefficient (Wildman–Crippen LogP) is 14.0. The molecule has 240 valence electrons. The van der Waals surface area contributed by atoms with Gasteiger partial charge in [0, 0.05) is 53.7 Å². The number of thiophene rings is 1. The first-order chi connectivity index (χ1) is 25.3. The largest absolute Gasteiger partial charge is 0.310 e. The number of nitrogens with zero attached hydrogens (tertiary/aromatic N) is 2. The number of hydrogen-bond acceptors (Lipinski definition) is 2. The fraction of sp³-hybridized carbons (Fsp3) is 0. The van der Waals surface area contributed by atoms with E-state index in [2.05, 4.69) is 204 Å². The minimum atomic E-state index is 1.12. The molecule has 0 unspecified atom stereocenters. The molecule has 2 nitrogen and oxygen atoms in total. The number of benzene rings is 8. The van der Waals surface area contributed by atoms with E-state index in [0.717, 1.165) is 17.1 Å². The molecule has 0 spiro atoms. The van der Waals surface area contributed by atoms with Crippen LogP contribution in [0.1, 0.15) is 0 Å². The monoisotopic (exact) mass is 668 g/mol. The van der Waals surface area contributed by atoms with Crippen molar-refractivity contribution in [2.24, 2.45) is 0 Å². The van der Waals surface area contributed by atoms with Gasteiger partial charge in [0.05, 0.1) is 11.0 Å². The van der Waals surface area contributed by atoms with Gasteiger partial charge >= 0.3 is 0 Å². The smallest absolute Gasteiger partial charge is 0.0541 e. The van der Waals surface area contributed by atoms with Crippen molar-refractivity contribution in [3.05, 3.63) is 194 Å². The Morgan fingerprint density at radius 3 is 1.39 bits per heavy atom. The molecule has 10 rings (SSSR count). The maximum Gasteiger partial charge on any atom is 0.0541 e. The van der Waals surface area contributed by atoms with Gasteiger partial charge in [-0.3, -0.25) is 0 Å². The summed E-state index contributed by atoms with van der Waals surface area (Å²) in [5, 5.41) is 5.12. The molecular weight excluding hydrogens is 637 g/mol. The SMILES string of the molecule is c1ccc(-c2ccc(N(c3ccc(-c4ccccc4)cc3)c3ccc4c(c3)sc3ccc(-n5c6ccccc6c6ccccc65)cc34)cc2)cc1. The van der Waals surface area contributed by atoms with Gasteiger partial charge in [-0.1, -0.05) is 127 Å². The van der Waals surface area contributed by atoms with Gasteiger partial charge in [-0.15, -0.1) is 11.3 Å². The number of aromatic nitrogens is 1. The summed E-state index contributed by atoms with van der Waals surface area (Å²) in [5.74, 6) is 0. The first-order valence-electron chi connectivity index (χ1n) is 17.3. The predicted molar refractivity (Wildman–Crippen MR) is 219 cm³/mol. The van der Waals surface area contributed by atoms with Crippen LogP contribution in [0.25, 0.3) is 69.9 Å². The van der Waals surface area contributed by atoms with Gasteiger partial charge in [0.15, 0.2) is 0 Å². The summed E-state index contributed by atoms with van der Waals surface area (Å²) in [7, 11) is 0. The second kappa shape index (κ2) is 12.2. The van der Waals surface area contributed by atoms with E-state index in [1.54, 1.807) is 0 Å². The number of hydrogen-bond donors (Lipinski definition) is 0. The van der Waals surface area contributed by atoms with Crippen LogP contribution < -0.4 is 4.90 Å². The molecule has 0 radical (unpaired) electrons. The number of para-hydroxylation sites is 2. The maximum atomic E-state index is 2.40. The number of anilines is 3. The van der Waals surface area contributed by atoms with Crippen LogP contribution >= 0.6 is 11.3 Å². The average molecular weight is 669 g/mol. The summed E-state index contributed by atoms with van der Waals surface area (Å²) >= 11 is 1.86. The van der Waals surface area contributed by atoms with Gasteiger partial charge in [0.25, 0.3) is 0 Å². The van der Waals surface area contributed by atoms with Crippen molar-refractivity contribution in [2.45, 2.75) is 0 Å². The standard InChI is InChI=1S/C48H32N2S/c1-3-11-33(12-4-1)35-19-23-37(24-20-35)49(38-25-21-36(22-26-38)34-13-5-2-6-14-34)40-27-29-43-44-31-39(28-30-47(44)51-48(43)32-40)50-45-17-9-7-15-41(45)42-16-8-10-18-46(42)50/h1-32H. The fourth-order valence-electron chi connectivity index (χ4n) is 7.55. The molecule has 0 N–H and O–H groups in total. The summed E-state index contributed by atoms with van der Waals surface area (Å²) in [5.41, 5.74) is 11.9. The van der Waals surface area contributed by atoms with Crippen LogP contribution in [0.15, 0.2) is 194 Å². The van der Waals surface area contributed by atoms with Crippen molar-refractivity contribution >= 4 is 70.4 Å². The second-order valence-electron chi connectivity index (χ2n) is 13.0. The topological polar surface area (TPSA) is 8.17 Å². The molecule has 10 aromatic rings. The van der Waals surface area contributed by atoms with E-state index >= 15 is 0 Å². The van der Waals surface area contributed by atoms with E-state index in [1.165, 1.54) is 69.9 Å². The van der Waals surface area contributed by atoms with Crippen LogP contribution in [0.4, 0.5) is 17.1 Å². The van der Waals surface area contributed by atoms with Crippen molar-refractivity contribution in [1.29, 1.82) is 0 Å². The highest BCUT2D eigenvalue weighted by atomic mass is 32.1. The molecule has 0 amide bonds. The Balaban J connectivity index is 1.09. The molecule has 0 aliphatic carbocycles. The van der Waals surface area contributed by atoms with Gasteiger partial charge in [0.2, 0.25) is 0 Å². The molecular formula is C48H32N2S. The van der Waals surface area contributed by atoms with Crippen LogP contribution in [-0.4, -0.2) is 4.57 Å². The lowest BCUT2D eigenvalue weighted by Crippen LogP contribution is -2.09. The molecule has 0 atom stereocenters. The third-order valence-electron chi connectivity index (χ3n) is 10.0. The van der Waals surface area contributed by atoms with Crippen LogP contribution in [0.2, 0.25) is 0 Å². The molecule has 0 bridgehead atoms. The van der Waals surface area contributed by atoms with E-state index < -0.39 is 0 Å². The molecule has 51 heavy (non-hydrogen) atoms. The molecule has 0 fully saturated rings. The Kier molecular flexibility index (Phi) is 7.04. The third kappa shape index (κ3) is 5.10. The summed E-state index contributed by atoms with van der Waals surface area (Å²) in [4.78, 5) is 2.37. The maximum absolute atomic E-state index is 2.40. The van der Waals surface area contributed by atoms with Crippen LogP contribution in [0.3, 0.4) is 0 Å². The van der Waals surface area contributed by atoms with Crippen LogP contribution in [0.5, 0.6) is 0 Å². The normalized spacial score (nSPS) is 11.5. The van der Waals surface area contributed by atoms with Gasteiger partial charge < -0.3 is 9.47 Å². The second-order valence-corrected chi connectivity index (χ2v) is 14.1. The quantitative estimate of drug-likeness (QED) is 0.171. The number of rotatable bonds is 6. The van der Waals surface area contributed by atoms with E-state index in [-0.39, 0.29) is 0 Å². The zero-order chi connectivity index (χ0) is 33.7. The highest BCUT2D eigenvalue weighted by Crippen LogP contribution is 2.42. The Morgan fingerprint density at radius 2 is 0.824 bits per heavy atom. The van der Waals surface area contributed by atoms with Crippen molar-refractivity contribution in [3.8, 4) is 27.9 Å². The molecule has 0 aliphatic heterocycles. The Hall–Kier alpha value is -6.42. The van der Waals surface area contributed by atoms with Gasteiger partial charge in [-0.2, -0.15) is 0 Å². The molecule has 2 aromatic heterocycles. The van der Waals surface area contributed by atoms with Crippen molar-refractivity contribution in [2.75, 3.05) is 4.90 Å². The number of fused-ring (bicyclic) bond motifs is 6. The minimum absolute atomic E-state index is 1.12. The Labute approximate surface area is 300 Å². The summed E-state index contributed by atoms with van der Waals surface area (Å²) in [6.07, 6.45) is 0. The van der Waals surface area contributed by atoms with Gasteiger partial charge in [-0.25, -0.2) is 0 Å². The first kappa shape index (κ1) is 29.5. The Bertz CT molecular complexity index is 2690. The minimum Gasteiger partial charge on any atom is -0.310 e. The van der Waals surface area contributed by atoms with Crippen LogP contribution in [0, 0.1) is 0 Å². The summed E-state index contributed by atoms with van der Waals surface area (Å²) in [6, 6.07) is 70.3. The zero-order valence-corrected chi connectivity index (χ0v) is 28.6. The van der Waals surface area contributed by atoms with E-state index in [1.807, 2.05) is 11.3 Å². The molecule has 0 aliphatic rings. The van der Waals surface area contributed by atoms with Gasteiger partial charge in [-0.05, 0) is 89.0 Å². The van der Waals surface area contributed by atoms with Crippen LogP contribution in [-0.2, 0) is 0 Å². The first-order valence-corrected chi connectivity index (χ1v) is 18.2. The van der Waals surface area contributed by atoms with Crippen molar-refractivity contribution in [1.82, 2.24) is 4.57 Å². The fourth-order valence-corrected chi connectivity index (χ4v) is 8.67. The summed E-state index contributed by atoms with van der Waals surface area (Å²) in [6.45, 7) is 0.